The van der Waals surface area contributed by atoms with Gasteiger partial charge in [0.25, 0.3) is 0 Å². The highest BCUT2D eigenvalue weighted by Crippen LogP contribution is 2.17. The van der Waals surface area contributed by atoms with Gasteiger partial charge in [0, 0.05) is 31.2 Å². The Bertz CT molecular complexity index is 464. The van der Waals surface area contributed by atoms with Crippen LogP contribution in [0.15, 0.2) is 36.9 Å². The molecule has 1 N–H and O–H groups in total. The number of pyridine rings is 1. The Kier molecular flexibility index (Phi) is 4.47. The van der Waals surface area contributed by atoms with Gasteiger partial charge in [-0.2, -0.15) is 5.10 Å². The van der Waals surface area contributed by atoms with Crippen LogP contribution >= 0.6 is 0 Å². The van der Waals surface area contributed by atoms with Crippen LogP contribution in [0, 0.1) is 0 Å². The largest absolute Gasteiger partial charge is 0.310 e. The maximum absolute atomic E-state index is 4.31. The van der Waals surface area contributed by atoms with Crippen molar-refractivity contribution < 1.29 is 0 Å². The number of hydrogen-bond acceptors (Lipinski definition) is 3. The predicted molar refractivity (Wildman–Crippen MR) is 72.3 cm³/mol. The molecule has 2 aromatic heterocycles. The SMILES string of the molecule is CCNC(Cc1cnn(CC)c1)c1cccnc1. The average Bonchev–Trinajstić information content (AvgIpc) is 2.87. The lowest BCUT2D eigenvalue weighted by molar-refractivity contribution is 0.547. The lowest BCUT2D eigenvalue weighted by atomic mass is 10.0. The molecule has 4 nitrogen and oxygen atoms in total. The fourth-order valence-corrected chi connectivity index (χ4v) is 2.06. The normalized spacial score (nSPS) is 12.6. The summed E-state index contributed by atoms with van der Waals surface area (Å²) in [4.78, 5) is 4.19. The van der Waals surface area contributed by atoms with Crippen molar-refractivity contribution in [3.8, 4) is 0 Å². The molecule has 2 aromatic rings. The molecule has 1 unspecified atom stereocenters. The van der Waals surface area contributed by atoms with Crippen molar-refractivity contribution in [2.45, 2.75) is 32.9 Å². The van der Waals surface area contributed by atoms with E-state index in [1.807, 2.05) is 29.3 Å². The van der Waals surface area contributed by atoms with E-state index >= 15 is 0 Å². The number of aromatic nitrogens is 3. The number of aryl methyl sites for hydroxylation is 1. The monoisotopic (exact) mass is 244 g/mol. The minimum Gasteiger partial charge on any atom is -0.310 e. The van der Waals surface area contributed by atoms with Gasteiger partial charge in [0.1, 0.15) is 0 Å². The Morgan fingerprint density at radius 2 is 2.22 bits per heavy atom. The number of nitrogens with one attached hydrogen (secondary N) is 1. The third-order valence-electron chi connectivity index (χ3n) is 2.99. The van der Waals surface area contributed by atoms with E-state index in [1.165, 1.54) is 11.1 Å². The minimum absolute atomic E-state index is 0.304. The summed E-state index contributed by atoms with van der Waals surface area (Å²) in [5.74, 6) is 0. The average molecular weight is 244 g/mol. The second-order valence-corrected chi connectivity index (χ2v) is 4.31. The van der Waals surface area contributed by atoms with Crippen LogP contribution in [0.1, 0.15) is 31.0 Å². The first-order chi connectivity index (χ1) is 8.83. The quantitative estimate of drug-likeness (QED) is 0.847. The molecule has 2 rings (SSSR count). The molecule has 0 aliphatic carbocycles. The first kappa shape index (κ1) is 12.8. The van der Waals surface area contributed by atoms with Crippen LogP contribution in [0.3, 0.4) is 0 Å². The Morgan fingerprint density at radius 3 is 2.83 bits per heavy atom. The molecule has 0 aliphatic heterocycles. The van der Waals surface area contributed by atoms with Crippen LogP contribution in [-0.2, 0) is 13.0 Å². The topological polar surface area (TPSA) is 42.7 Å². The Balaban J connectivity index is 2.11. The summed E-state index contributed by atoms with van der Waals surface area (Å²) in [6, 6.07) is 4.40. The van der Waals surface area contributed by atoms with Gasteiger partial charge < -0.3 is 5.32 Å². The summed E-state index contributed by atoms with van der Waals surface area (Å²) in [5, 5.41) is 7.81. The van der Waals surface area contributed by atoms with Gasteiger partial charge in [-0.15, -0.1) is 0 Å². The number of hydrogen-bond donors (Lipinski definition) is 1. The predicted octanol–water partition coefficient (Wildman–Crippen LogP) is 2.19. The fraction of sp³-hybridized carbons (Fsp3) is 0.429. The fourth-order valence-electron chi connectivity index (χ4n) is 2.06. The van der Waals surface area contributed by atoms with Gasteiger partial charge in [-0.05, 0) is 37.1 Å². The zero-order valence-corrected chi connectivity index (χ0v) is 11.0. The summed E-state index contributed by atoms with van der Waals surface area (Å²) in [6.07, 6.45) is 8.74. The smallest absolute Gasteiger partial charge is 0.0522 e. The maximum atomic E-state index is 4.31. The van der Waals surface area contributed by atoms with Crippen molar-refractivity contribution >= 4 is 0 Å². The zero-order chi connectivity index (χ0) is 12.8. The van der Waals surface area contributed by atoms with Crippen LogP contribution in [0.25, 0.3) is 0 Å². The molecule has 1 atom stereocenters. The highest BCUT2D eigenvalue weighted by Gasteiger charge is 2.12. The molecule has 0 bridgehead atoms. The molecule has 2 heterocycles. The molecule has 96 valence electrons. The van der Waals surface area contributed by atoms with E-state index in [1.54, 1.807) is 0 Å². The summed E-state index contributed by atoms with van der Waals surface area (Å²) in [6.45, 7) is 6.08. The molecule has 0 aromatic carbocycles. The molecule has 0 fully saturated rings. The minimum atomic E-state index is 0.304. The molecule has 0 spiro atoms. The van der Waals surface area contributed by atoms with E-state index in [0.717, 1.165) is 19.5 Å². The molecule has 0 saturated carbocycles. The van der Waals surface area contributed by atoms with Gasteiger partial charge in [0.15, 0.2) is 0 Å². The lowest BCUT2D eigenvalue weighted by Crippen LogP contribution is -2.22. The van der Waals surface area contributed by atoms with Crippen molar-refractivity contribution in [3.05, 3.63) is 48.0 Å². The van der Waals surface area contributed by atoms with Crippen LogP contribution in [0.4, 0.5) is 0 Å². The number of nitrogens with zero attached hydrogens (tertiary/aromatic N) is 3. The molecule has 4 heteroatoms. The van der Waals surface area contributed by atoms with Crippen molar-refractivity contribution in [1.82, 2.24) is 20.1 Å². The first-order valence-corrected chi connectivity index (χ1v) is 6.48. The third kappa shape index (κ3) is 3.17. The lowest BCUT2D eigenvalue weighted by Gasteiger charge is -2.17. The van der Waals surface area contributed by atoms with E-state index in [4.69, 9.17) is 0 Å². The van der Waals surface area contributed by atoms with Crippen molar-refractivity contribution in [3.63, 3.8) is 0 Å². The molecular formula is C14H20N4. The highest BCUT2D eigenvalue weighted by molar-refractivity contribution is 5.18. The Labute approximate surface area is 108 Å². The van der Waals surface area contributed by atoms with Gasteiger partial charge in [-0.3, -0.25) is 9.67 Å². The van der Waals surface area contributed by atoms with E-state index in [2.05, 4.69) is 41.5 Å². The van der Waals surface area contributed by atoms with E-state index in [-0.39, 0.29) is 0 Å². The summed E-state index contributed by atoms with van der Waals surface area (Å²) < 4.78 is 1.96. The van der Waals surface area contributed by atoms with E-state index in [0.29, 0.717) is 6.04 Å². The number of rotatable bonds is 6. The van der Waals surface area contributed by atoms with E-state index in [9.17, 15) is 0 Å². The molecule has 0 aliphatic rings. The molecular weight excluding hydrogens is 224 g/mol. The summed E-state index contributed by atoms with van der Waals surface area (Å²) in [7, 11) is 0. The molecule has 0 amide bonds. The molecule has 18 heavy (non-hydrogen) atoms. The van der Waals surface area contributed by atoms with Gasteiger partial charge in [-0.1, -0.05) is 13.0 Å². The standard InChI is InChI=1S/C14H20N4/c1-3-16-14(13-6-5-7-15-10-13)8-12-9-17-18(4-2)11-12/h5-7,9-11,14,16H,3-4,8H2,1-2H3. The Morgan fingerprint density at radius 1 is 1.33 bits per heavy atom. The third-order valence-corrected chi connectivity index (χ3v) is 2.99. The second kappa shape index (κ2) is 6.31. The van der Waals surface area contributed by atoms with Crippen molar-refractivity contribution in [2.75, 3.05) is 6.54 Å². The van der Waals surface area contributed by atoms with Crippen molar-refractivity contribution in [2.24, 2.45) is 0 Å². The first-order valence-electron chi connectivity index (χ1n) is 6.48. The van der Waals surface area contributed by atoms with Gasteiger partial charge >= 0.3 is 0 Å². The summed E-state index contributed by atoms with van der Waals surface area (Å²) in [5.41, 5.74) is 2.48. The van der Waals surface area contributed by atoms with Crippen LogP contribution in [0.2, 0.25) is 0 Å². The van der Waals surface area contributed by atoms with Gasteiger partial charge in [0.05, 0.1) is 6.20 Å². The van der Waals surface area contributed by atoms with Crippen molar-refractivity contribution in [1.29, 1.82) is 0 Å². The molecule has 0 radical (unpaired) electrons. The number of likely N-dealkylation sites (N-methyl/N-ethyl adjacent to an activating group) is 1. The zero-order valence-electron chi connectivity index (χ0n) is 11.0. The Hall–Kier alpha value is -1.68. The second-order valence-electron chi connectivity index (χ2n) is 4.31. The van der Waals surface area contributed by atoms with Crippen LogP contribution in [-0.4, -0.2) is 21.3 Å². The van der Waals surface area contributed by atoms with E-state index < -0.39 is 0 Å². The van der Waals surface area contributed by atoms with Crippen LogP contribution in [0.5, 0.6) is 0 Å². The summed E-state index contributed by atoms with van der Waals surface area (Å²) >= 11 is 0. The van der Waals surface area contributed by atoms with Gasteiger partial charge in [0.2, 0.25) is 0 Å². The van der Waals surface area contributed by atoms with Crippen LogP contribution < -0.4 is 5.32 Å². The highest BCUT2D eigenvalue weighted by atomic mass is 15.3. The molecule has 0 saturated heterocycles. The maximum Gasteiger partial charge on any atom is 0.0522 e. The van der Waals surface area contributed by atoms with Gasteiger partial charge in [-0.25, -0.2) is 0 Å².